The monoisotopic (exact) mass is 347 g/mol. The first-order chi connectivity index (χ1) is 12.1. The minimum absolute atomic E-state index is 0.0787. The maximum atomic E-state index is 13.6. The second kappa shape index (κ2) is 8.06. The summed E-state index contributed by atoms with van der Waals surface area (Å²) in [4.78, 5) is 11.9. The van der Waals surface area contributed by atoms with Gasteiger partial charge in [0.15, 0.2) is 5.82 Å². The highest BCUT2D eigenvalue weighted by molar-refractivity contribution is 5.73. The van der Waals surface area contributed by atoms with Crippen molar-refractivity contribution < 1.29 is 14.3 Å². The molecule has 134 valence electrons. The summed E-state index contributed by atoms with van der Waals surface area (Å²) in [5.41, 5.74) is 0.158. The van der Waals surface area contributed by atoms with Crippen LogP contribution in [-0.2, 0) is 19.5 Å². The molecule has 1 aliphatic rings. The van der Waals surface area contributed by atoms with Gasteiger partial charge >= 0.3 is 6.03 Å². The van der Waals surface area contributed by atoms with E-state index in [0.29, 0.717) is 0 Å². The lowest BCUT2D eigenvalue weighted by atomic mass is 10.1. The lowest BCUT2D eigenvalue weighted by Gasteiger charge is -2.14. The smallest absolute Gasteiger partial charge is 0.315 e. The highest BCUT2D eigenvalue weighted by atomic mass is 19.1. The van der Waals surface area contributed by atoms with Crippen molar-refractivity contribution in [2.45, 2.75) is 44.9 Å². The molecule has 0 saturated carbocycles. The molecule has 25 heavy (non-hydrogen) atoms. The number of aromatic nitrogens is 3. The molecule has 1 unspecified atom stereocenters. The maximum Gasteiger partial charge on any atom is 0.315 e. The fourth-order valence-corrected chi connectivity index (χ4v) is 2.94. The first kappa shape index (κ1) is 17.3. The largest absolute Gasteiger partial charge is 0.386 e. The molecule has 2 heterocycles. The first-order valence-corrected chi connectivity index (χ1v) is 8.50. The van der Waals surface area contributed by atoms with Crippen LogP contribution >= 0.6 is 0 Å². The normalized spacial score (nSPS) is 15.1. The Morgan fingerprint density at radius 3 is 2.92 bits per heavy atom. The summed E-state index contributed by atoms with van der Waals surface area (Å²) in [6.45, 7) is 1.05. The van der Waals surface area contributed by atoms with Gasteiger partial charge in [-0.25, -0.2) is 9.18 Å². The zero-order valence-corrected chi connectivity index (χ0v) is 13.9. The lowest BCUT2D eigenvalue weighted by molar-refractivity contribution is 0.169. The fraction of sp³-hybridized carbons (Fsp3) is 0.471. The average molecular weight is 347 g/mol. The molecule has 8 heteroatoms. The molecule has 1 aromatic carbocycles. The molecule has 0 bridgehead atoms. The summed E-state index contributed by atoms with van der Waals surface area (Å²) in [7, 11) is 0. The molecule has 7 nitrogen and oxygen atoms in total. The molecule has 1 aromatic heterocycles. The Bertz CT molecular complexity index is 734. The standard InChI is InChI=1S/C17H22FN5O2/c18-13-7-4-3-6-12(13)14(24)10-19-17(25)20-11-16-22-21-15-8-2-1-5-9-23(15)16/h3-4,6-7,14,24H,1-2,5,8-11H2,(H2,19,20,25). The molecule has 0 spiro atoms. The summed E-state index contributed by atoms with van der Waals surface area (Å²) in [5, 5.41) is 23.5. The van der Waals surface area contributed by atoms with Crippen LogP contribution in [0.3, 0.4) is 0 Å². The van der Waals surface area contributed by atoms with Crippen LogP contribution in [0.15, 0.2) is 24.3 Å². The van der Waals surface area contributed by atoms with Crippen LogP contribution in [0.5, 0.6) is 0 Å². The number of aliphatic hydroxyl groups excluding tert-OH is 1. The summed E-state index contributed by atoms with van der Waals surface area (Å²) in [6, 6.07) is 5.51. The van der Waals surface area contributed by atoms with Crippen molar-refractivity contribution in [3.05, 3.63) is 47.3 Å². The fourth-order valence-electron chi connectivity index (χ4n) is 2.94. The maximum absolute atomic E-state index is 13.6. The van der Waals surface area contributed by atoms with Crippen LogP contribution in [0.1, 0.15) is 42.6 Å². The SMILES string of the molecule is O=C(NCc1nnc2n1CCCCC2)NCC(O)c1ccccc1F. The van der Waals surface area contributed by atoms with Crippen LogP contribution in [0.2, 0.25) is 0 Å². The van der Waals surface area contributed by atoms with Crippen molar-refractivity contribution in [1.82, 2.24) is 25.4 Å². The van der Waals surface area contributed by atoms with Crippen molar-refractivity contribution in [1.29, 1.82) is 0 Å². The van der Waals surface area contributed by atoms with Gasteiger partial charge in [0.05, 0.1) is 12.6 Å². The Balaban J connectivity index is 1.49. The highest BCUT2D eigenvalue weighted by Crippen LogP contribution is 2.16. The minimum atomic E-state index is -1.10. The van der Waals surface area contributed by atoms with Gasteiger partial charge in [0, 0.05) is 25.1 Å². The number of carbonyl (C=O) groups excluding carboxylic acids is 1. The molecule has 1 aliphatic heterocycles. The van der Waals surface area contributed by atoms with Crippen molar-refractivity contribution in [2.75, 3.05) is 6.54 Å². The molecule has 0 radical (unpaired) electrons. The molecular weight excluding hydrogens is 325 g/mol. The van der Waals surface area contributed by atoms with Gasteiger partial charge < -0.3 is 20.3 Å². The van der Waals surface area contributed by atoms with Gasteiger partial charge in [0.25, 0.3) is 0 Å². The van der Waals surface area contributed by atoms with Gasteiger partial charge in [0.1, 0.15) is 11.6 Å². The van der Waals surface area contributed by atoms with E-state index in [1.165, 1.54) is 18.6 Å². The van der Waals surface area contributed by atoms with Crippen LogP contribution in [0, 0.1) is 5.82 Å². The number of nitrogens with zero attached hydrogens (tertiary/aromatic N) is 3. The Kier molecular flexibility index (Phi) is 5.60. The lowest BCUT2D eigenvalue weighted by Crippen LogP contribution is -2.38. The van der Waals surface area contributed by atoms with E-state index < -0.39 is 18.0 Å². The molecule has 2 amide bonds. The molecule has 0 fully saturated rings. The minimum Gasteiger partial charge on any atom is -0.386 e. The van der Waals surface area contributed by atoms with Gasteiger partial charge in [-0.15, -0.1) is 10.2 Å². The van der Waals surface area contributed by atoms with E-state index in [4.69, 9.17) is 0 Å². The number of benzene rings is 1. The molecule has 2 aromatic rings. The van der Waals surface area contributed by atoms with Gasteiger partial charge in [-0.3, -0.25) is 0 Å². The Morgan fingerprint density at radius 2 is 2.08 bits per heavy atom. The molecule has 0 aliphatic carbocycles. The number of hydrogen-bond donors (Lipinski definition) is 3. The zero-order valence-electron chi connectivity index (χ0n) is 13.9. The van der Waals surface area contributed by atoms with Gasteiger partial charge in [0.2, 0.25) is 0 Å². The third-order valence-corrected chi connectivity index (χ3v) is 4.31. The summed E-state index contributed by atoms with van der Waals surface area (Å²) in [6.07, 6.45) is 3.17. The van der Waals surface area contributed by atoms with Gasteiger partial charge in [-0.1, -0.05) is 24.6 Å². The van der Waals surface area contributed by atoms with Crippen LogP contribution in [-0.4, -0.2) is 32.4 Å². The number of halogens is 1. The Hall–Kier alpha value is -2.48. The average Bonchev–Trinajstić information content (AvgIpc) is 2.84. The second-order valence-electron chi connectivity index (χ2n) is 6.10. The van der Waals surface area contributed by atoms with Crippen molar-refractivity contribution in [3.8, 4) is 0 Å². The van der Waals surface area contributed by atoms with Gasteiger partial charge in [-0.2, -0.15) is 0 Å². The summed E-state index contributed by atoms with van der Waals surface area (Å²) < 4.78 is 15.6. The number of aliphatic hydroxyl groups is 1. The third kappa shape index (κ3) is 4.33. The van der Waals surface area contributed by atoms with E-state index in [9.17, 15) is 14.3 Å². The second-order valence-corrected chi connectivity index (χ2v) is 6.10. The summed E-state index contributed by atoms with van der Waals surface area (Å²) in [5.74, 6) is 1.19. The highest BCUT2D eigenvalue weighted by Gasteiger charge is 2.16. The number of aryl methyl sites for hydroxylation is 1. The van der Waals surface area contributed by atoms with E-state index in [1.54, 1.807) is 12.1 Å². The molecular formula is C17H22FN5O2. The molecule has 3 N–H and O–H groups in total. The predicted molar refractivity (Wildman–Crippen MR) is 89.2 cm³/mol. The van der Waals surface area contributed by atoms with Crippen LogP contribution in [0.4, 0.5) is 9.18 Å². The first-order valence-electron chi connectivity index (χ1n) is 8.50. The number of urea groups is 1. The summed E-state index contributed by atoms with van der Waals surface area (Å²) >= 11 is 0. The molecule has 1 atom stereocenters. The Labute approximate surface area is 145 Å². The predicted octanol–water partition coefficient (Wildman–Crippen LogP) is 1.68. The van der Waals surface area contributed by atoms with E-state index in [-0.39, 0.29) is 18.7 Å². The van der Waals surface area contributed by atoms with Crippen molar-refractivity contribution >= 4 is 6.03 Å². The van der Waals surface area contributed by atoms with Crippen molar-refractivity contribution in [2.24, 2.45) is 0 Å². The molecule has 0 saturated heterocycles. The van der Waals surface area contributed by atoms with E-state index >= 15 is 0 Å². The van der Waals surface area contributed by atoms with Crippen LogP contribution in [0.25, 0.3) is 0 Å². The van der Waals surface area contributed by atoms with Gasteiger partial charge in [-0.05, 0) is 18.9 Å². The number of carbonyl (C=O) groups is 1. The Morgan fingerprint density at radius 1 is 1.24 bits per heavy atom. The van der Waals surface area contributed by atoms with Crippen molar-refractivity contribution in [3.63, 3.8) is 0 Å². The number of rotatable bonds is 5. The topological polar surface area (TPSA) is 92.1 Å². The van der Waals surface area contributed by atoms with E-state index in [0.717, 1.165) is 37.5 Å². The van der Waals surface area contributed by atoms with Crippen LogP contribution < -0.4 is 10.6 Å². The number of amides is 2. The van der Waals surface area contributed by atoms with E-state index in [1.807, 2.05) is 0 Å². The van der Waals surface area contributed by atoms with E-state index in [2.05, 4.69) is 25.4 Å². The number of fused-ring (bicyclic) bond motifs is 1. The number of nitrogens with one attached hydrogen (secondary N) is 2. The zero-order chi connectivity index (χ0) is 17.6. The molecule has 3 rings (SSSR count). The third-order valence-electron chi connectivity index (χ3n) is 4.31. The number of hydrogen-bond acceptors (Lipinski definition) is 4. The quantitative estimate of drug-likeness (QED) is 0.767.